The van der Waals surface area contributed by atoms with Gasteiger partial charge < -0.3 is 10.3 Å². The van der Waals surface area contributed by atoms with E-state index in [0.717, 1.165) is 25.7 Å². The molecule has 0 spiro atoms. The van der Waals surface area contributed by atoms with Crippen LogP contribution < -0.4 is 5.73 Å². The second-order valence-corrected chi connectivity index (χ2v) is 5.88. The van der Waals surface area contributed by atoms with Crippen molar-refractivity contribution in [2.75, 3.05) is 0 Å². The lowest BCUT2D eigenvalue weighted by Crippen LogP contribution is -2.34. The van der Waals surface area contributed by atoms with Gasteiger partial charge in [0, 0.05) is 0 Å². The third-order valence-corrected chi connectivity index (χ3v) is 4.50. The van der Waals surface area contributed by atoms with E-state index in [4.69, 9.17) is 10.3 Å². The van der Waals surface area contributed by atoms with Crippen LogP contribution in [0.4, 0.5) is 0 Å². The second kappa shape index (κ2) is 5.61. The monoisotopic (exact) mass is 299 g/mol. The van der Waals surface area contributed by atoms with Crippen LogP contribution in [0.25, 0.3) is 0 Å². The van der Waals surface area contributed by atoms with E-state index in [1.165, 1.54) is 5.56 Å². The molecule has 0 saturated heterocycles. The van der Waals surface area contributed by atoms with Crippen LogP contribution in [0.5, 0.6) is 0 Å². The van der Waals surface area contributed by atoms with Gasteiger partial charge in [-0.1, -0.05) is 18.0 Å². The normalized spacial score (nSPS) is 19.1. The number of nitrogens with two attached hydrogens (primary N) is 1. The van der Waals surface area contributed by atoms with Gasteiger partial charge in [-0.2, -0.15) is 16.3 Å². The molecule has 1 atom stereocenters. The van der Waals surface area contributed by atoms with E-state index in [9.17, 15) is 0 Å². The molecule has 1 fully saturated rings. The zero-order chi connectivity index (χ0) is 12.6. The van der Waals surface area contributed by atoms with Crippen molar-refractivity contribution in [2.24, 2.45) is 5.73 Å². The summed E-state index contributed by atoms with van der Waals surface area (Å²) < 4.78 is 5.39. The van der Waals surface area contributed by atoms with Crippen molar-refractivity contribution < 1.29 is 4.52 Å². The topological polar surface area (TPSA) is 64.9 Å². The van der Waals surface area contributed by atoms with Gasteiger partial charge in [0.2, 0.25) is 5.89 Å². The van der Waals surface area contributed by atoms with Gasteiger partial charge in [-0.25, -0.2) is 0 Å². The van der Waals surface area contributed by atoms with E-state index in [-0.39, 0.29) is 23.9 Å². The highest BCUT2D eigenvalue weighted by molar-refractivity contribution is 7.08. The van der Waals surface area contributed by atoms with Gasteiger partial charge in [0.15, 0.2) is 5.82 Å². The molecule has 0 radical (unpaired) electrons. The summed E-state index contributed by atoms with van der Waals surface area (Å²) in [5, 5.41) is 8.27. The molecule has 1 aliphatic carbocycles. The van der Waals surface area contributed by atoms with Crippen molar-refractivity contribution in [3.8, 4) is 0 Å². The molecule has 2 aromatic rings. The first kappa shape index (κ1) is 14.5. The lowest BCUT2D eigenvalue weighted by molar-refractivity contribution is 0.344. The Balaban J connectivity index is 0.00000133. The van der Waals surface area contributed by atoms with Crippen molar-refractivity contribution in [1.29, 1.82) is 0 Å². The molecular formula is C13H18ClN3OS. The van der Waals surface area contributed by atoms with Gasteiger partial charge >= 0.3 is 0 Å². The van der Waals surface area contributed by atoms with Crippen LogP contribution in [0, 0.1) is 0 Å². The van der Waals surface area contributed by atoms with Crippen LogP contribution in [0.1, 0.15) is 55.8 Å². The van der Waals surface area contributed by atoms with E-state index in [2.05, 4.69) is 33.9 Å². The van der Waals surface area contributed by atoms with Crippen LogP contribution in [0.15, 0.2) is 21.3 Å². The van der Waals surface area contributed by atoms with Crippen molar-refractivity contribution in [3.05, 3.63) is 34.1 Å². The maximum Gasteiger partial charge on any atom is 0.234 e. The largest absolute Gasteiger partial charge is 0.339 e. The molecule has 4 nitrogen and oxygen atoms in total. The van der Waals surface area contributed by atoms with Gasteiger partial charge in [-0.15, -0.1) is 12.4 Å². The molecule has 2 aromatic heterocycles. The van der Waals surface area contributed by atoms with Crippen LogP contribution in [-0.2, 0) is 5.54 Å². The highest BCUT2D eigenvalue weighted by atomic mass is 35.5. The minimum absolute atomic E-state index is 0. The van der Waals surface area contributed by atoms with E-state index >= 15 is 0 Å². The van der Waals surface area contributed by atoms with Crippen molar-refractivity contribution in [2.45, 2.75) is 44.1 Å². The minimum Gasteiger partial charge on any atom is -0.339 e. The molecule has 2 heterocycles. The summed E-state index contributed by atoms with van der Waals surface area (Å²) in [6.45, 7) is 2.08. The molecule has 1 unspecified atom stereocenters. The zero-order valence-corrected chi connectivity index (χ0v) is 12.5. The summed E-state index contributed by atoms with van der Waals surface area (Å²) in [5.74, 6) is 1.49. The average Bonchev–Trinajstić information content (AvgIpc) is 3.10. The number of halogens is 1. The predicted octanol–water partition coefficient (Wildman–Crippen LogP) is 3.43. The van der Waals surface area contributed by atoms with Crippen molar-refractivity contribution in [3.63, 3.8) is 0 Å². The Bertz CT molecular complexity index is 520. The van der Waals surface area contributed by atoms with Crippen LogP contribution >= 0.6 is 23.7 Å². The standard InChI is InChI=1S/C13H17N3OS.ClH/c1-9(10-4-7-18-8-10)11-15-12(16-17-11)13(14)5-2-3-6-13;/h4,7-9H,2-3,5-6,14H2,1H3;1H. The summed E-state index contributed by atoms with van der Waals surface area (Å²) in [5.41, 5.74) is 7.18. The third kappa shape index (κ3) is 2.68. The Morgan fingerprint density at radius 1 is 1.42 bits per heavy atom. The Hall–Kier alpha value is -0.910. The fourth-order valence-corrected chi connectivity index (χ4v) is 3.26. The number of thiophene rings is 1. The summed E-state index contributed by atoms with van der Waals surface area (Å²) >= 11 is 1.68. The predicted molar refractivity (Wildman–Crippen MR) is 77.7 cm³/mol. The fourth-order valence-electron chi connectivity index (χ4n) is 2.51. The summed E-state index contributed by atoms with van der Waals surface area (Å²) in [6, 6.07) is 2.09. The lowest BCUT2D eigenvalue weighted by atomic mass is 9.98. The molecule has 19 heavy (non-hydrogen) atoms. The highest BCUT2D eigenvalue weighted by Crippen LogP contribution is 2.35. The molecule has 6 heteroatoms. The smallest absolute Gasteiger partial charge is 0.234 e. The maximum absolute atomic E-state index is 6.33. The van der Waals surface area contributed by atoms with Gasteiger partial charge in [-0.05, 0) is 42.2 Å². The van der Waals surface area contributed by atoms with E-state index in [0.29, 0.717) is 11.7 Å². The first-order valence-corrected chi connectivity index (χ1v) is 7.28. The molecule has 1 saturated carbocycles. The first-order chi connectivity index (χ1) is 8.69. The van der Waals surface area contributed by atoms with Crippen LogP contribution in [0.3, 0.4) is 0 Å². The Morgan fingerprint density at radius 3 is 2.79 bits per heavy atom. The van der Waals surface area contributed by atoms with Gasteiger partial charge in [0.1, 0.15) is 0 Å². The Kier molecular flexibility index (Phi) is 4.28. The molecule has 1 aliphatic rings. The number of hydrogen-bond donors (Lipinski definition) is 1. The average molecular weight is 300 g/mol. The lowest BCUT2D eigenvalue weighted by Gasteiger charge is -2.17. The summed E-state index contributed by atoms with van der Waals surface area (Å²) in [6.07, 6.45) is 4.22. The molecular weight excluding hydrogens is 282 g/mol. The minimum atomic E-state index is -0.365. The first-order valence-electron chi connectivity index (χ1n) is 6.34. The second-order valence-electron chi connectivity index (χ2n) is 5.10. The van der Waals surface area contributed by atoms with Crippen molar-refractivity contribution >= 4 is 23.7 Å². The molecule has 0 aromatic carbocycles. The molecule has 0 bridgehead atoms. The van der Waals surface area contributed by atoms with Gasteiger partial charge in [-0.3, -0.25) is 0 Å². The third-order valence-electron chi connectivity index (χ3n) is 3.80. The van der Waals surface area contributed by atoms with Crippen molar-refractivity contribution in [1.82, 2.24) is 10.1 Å². The fraction of sp³-hybridized carbons (Fsp3) is 0.538. The van der Waals surface area contributed by atoms with E-state index in [1.54, 1.807) is 11.3 Å². The van der Waals surface area contributed by atoms with E-state index in [1.807, 2.05) is 0 Å². The van der Waals surface area contributed by atoms with Crippen LogP contribution in [-0.4, -0.2) is 10.1 Å². The Labute approximate surface area is 122 Å². The number of nitrogens with zero attached hydrogens (tertiary/aromatic N) is 2. The number of hydrogen-bond acceptors (Lipinski definition) is 5. The summed E-state index contributed by atoms with van der Waals surface area (Å²) in [7, 11) is 0. The van der Waals surface area contributed by atoms with Gasteiger partial charge in [0.25, 0.3) is 0 Å². The number of aromatic nitrogens is 2. The molecule has 3 rings (SSSR count). The Morgan fingerprint density at radius 2 is 2.16 bits per heavy atom. The summed E-state index contributed by atoms with van der Waals surface area (Å²) in [4.78, 5) is 4.52. The van der Waals surface area contributed by atoms with E-state index < -0.39 is 0 Å². The number of rotatable bonds is 3. The van der Waals surface area contributed by atoms with Crippen LogP contribution in [0.2, 0.25) is 0 Å². The quantitative estimate of drug-likeness (QED) is 0.943. The highest BCUT2D eigenvalue weighted by Gasteiger charge is 2.36. The molecule has 0 aliphatic heterocycles. The maximum atomic E-state index is 6.33. The molecule has 0 amide bonds. The zero-order valence-electron chi connectivity index (χ0n) is 10.8. The molecule has 2 N–H and O–H groups in total. The SMILES string of the molecule is CC(c1ccsc1)c1nc(C2(N)CCCC2)no1.Cl. The van der Waals surface area contributed by atoms with Gasteiger partial charge in [0.05, 0.1) is 11.5 Å². The molecule has 104 valence electrons.